The number of hydrogen-bond acceptors (Lipinski definition) is 4. The van der Waals surface area contributed by atoms with E-state index in [9.17, 15) is 8.42 Å². The molecule has 4 nitrogen and oxygen atoms in total. The van der Waals surface area contributed by atoms with Gasteiger partial charge >= 0.3 is 0 Å². The SMILES string of the molecule is O=S(=O)(CC1CCCNC1)NCCc1ccsc1. The molecule has 18 heavy (non-hydrogen) atoms. The molecular formula is C12H20N2O2S2. The maximum Gasteiger partial charge on any atom is 0.211 e. The predicted molar refractivity (Wildman–Crippen MR) is 75.4 cm³/mol. The van der Waals surface area contributed by atoms with Crippen LogP contribution < -0.4 is 10.0 Å². The third kappa shape index (κ3) is 4.68. The van der Waals surface area contributed by atoms with Crippen LogP contribution in [0, 0.1) is 5.92 Å². The first-order valence-corrected chi connectivity index (χ1v) is 8.94. The summed E-state index contributed by atoms with van der Waals surface area (Å²) < 4.78 is 26.5. The number of rotatable bonds is 6. The average molecular weight is 288 g/mol. The summed E-state index contributed by atoms with van der Waals surface area (Å²) in [5.74, 6) is 0.515. The van der Waals surface area contributed by atoms with E-state index in [1.807, 2.05) is 11.4 Å². The molecule has 2 heterocycles. The van der Waals surface area contributed by atoms with Crippen molar-refractivity contribution in [1.82, 2.24) is 10.0 Å². The lowest BCUT2D eigenvalue weighted by molar-refractivity contribution is 0.403. The zero-order valence-electron chi connectivity index (χ0n) is 10.4. The van der Waals surface area contributed by atoms with Gasteiger partial charge in [0.2, 0.25) is 10.0 Å². The van der Waals surface area contributed by atoms with Crippen molar-refractivity contribution in [3.63, 3.8) is 0 Å². The molecule has 1 aromatic rings. The van der Waals surface area contributed by atoms with Crippen molar-refractivity contribution in [3.05, 3.63) is 22.4 Å². The van der Waals surface area contributed by atoms with Crippen LogP contribution in [0.2, 0.25) is 0 Å². The van der Waals surface area contributed by atoms with Gasteiger partial charge in [-0.05, 0) is 60.7 Å². The first-order valence-electron chi connectivity index (χ1n) is 6.35. The Morgan fingerprint density at radius 2 is 2.39 bits per heavy atom. The molecule has 0 radical (unpaired) electrons. The molecule has 0 spiro atoms. The van der Waals surface area contributed by atoms with Crippen LogP contribution in [-0.4, -0.2) is 33.8 Å². The fourth-order valence-electron chi connectivity index (χ4n) is 2.22. The Labute approximate surface area is 113 Å². The zero-order valence-corrected chi connectivity index (χ0v) is 12.0. The Kier molecular flexibility index (Phi) is 5.17. The Morgan fingerprint density at radius 1 is 1.50 bits per heavy atom. The van der Waals surface area contributed by atoms with Crippen LogP contribution >= 0.6 is 11.3 Å². The number of sulfonamides is 1. The molecular weight excluding hydrogens is 268 g/mol. The van der Waals surface area contributed by atoms with Crippen molar-refractivity contribution in [1.29, 1.82) is 0 Å². The van der Waals surface area contributed by atoms with Crippen LogP contribution in [0.1, 0.15) is 18.4 Å². The highest BCUT2D eigenvalue weighted by atomic mass is 32.2. The van der Waals surface area contributed by atoms with Crippen molar-refractivity contribution in [3.8, 4) is 0 Å². The average Bonchev–Trinajstić information content (AvgIpc) is 2.82. The van der Waals surface area contributed by atoms with E-state index in [-0.39, 0.29) is 11.7 Å². The van der Waals surface area contributed by atoms with Gasteiger partial charge in [-0.25, -0.2) is 13.1 Å². The Morgan fingerprint density at radius 3 is 3.06 bits per heavy atom. The standard InChI is InChI=1S/C12H20N2O2S2/c15-18(16,10-12-2-1-5-13-8-12)14-6-3-11-4-7-17-9-11/h4,7,9,12-14H,1-3,5-6,8,10H2. The smallest absolute Gasteiger partial charge is 0.211 e. The largest absolute Gasteiger partial charge is 0.316 e. The van der Waals surface area contributed by atoms with Gasteiger partial charge in [0, 0.05) is 6.54 Å². The minimum Gasteiger partial charge on any atom is -0.316 e. The molecule has 6 heteroatoms. The monoisotopic (exact) mass is 288 g/mol. The van der Waals surface area contributed by atoms with Gasteiger partial charge in [-0.15, -0.1) is 0 Å². The third-order valence-electron chi connectivity index (χ3n) is 3.17. The molecule has 0 bridgehead atoms. The quantitative estimate of drug-likeness (QED) is 0.827. The van der Waals surface area contributed by atoms with Crippen molar-refractivity contribution in [2.45, 2.75) is 19.3 Å². The van der Waals surface area contributed by atoms with Gasteiger partial charge < -0.3 is 5.32 Å². The van der Waals surface area contributed by atoms with Gasteiger partial charge in [-0.2, -0.15) is 11.3 Å². The van der Waals surface area contributed by atoms with Gasteiger partial charge in [-0.3, -0.25) is 0 Å². The van der Waals surface area contributed by atoms with E-state index in [1.54, 1.807) is 11.3 Å². The molecule has 0 amide bonds. The number of hydrogen-bond donors (Lipinski definition) is 2. The maximum absolute atomic E-state index is 11.9. The van der Waals surface area contributed by atoms with E-state index in [1.165, 1.54) is 5.56 Å². The topological polar surface area (TPSA) is 58.2 Å². The van der Waals surface area contributed by atoms with Crippen LogP contribution in [0.5, 0.6) is 0 Å². The highest BCUT2D eigenvalue weighted by Crippen LogP contribution is 2.12. The summed E-state index contributed by atoms with van der Waals surface area (Å²) in [4.78, 5) is 0. The fourth-order valence-corrected chi connectivity index (χ4v) is 4.36. The van der Waals surface area contributed by atoms with Crippen LogP contribution in [0.25, 0.3) is 0 Å². The minimum atomic E-state index is -3.12. The van der Waals surface area contributed by atoms with Gasteiger partial charge in [0.1, 0.15) is 0 Å². The molecule has 1 aromatic heterocycles. The normalized spacial score (nSPS) is 21.0. The summed E-state index contributed by atoms with van der Waals surface area (Å²) in [6.45, 7) is 2.34. The molecule has 1 aliphatic heterocycles. The van der Waals surface area contributed by atoms with Crippen LogP contribution in [-0.2, 0) is 16.4 Å². The van der Waals surface area contributed by atoms with Gasteiger partial charge in [0.05, 0.1) is 5.75 Å². The number of nitrogens with one attached hydrogen (secondary N) is 2. The highest BCUT2D eigenvalue weighted by molar-refractivity contribution is 7.89. The lowest BCUT2D eigenvalue weighted by Crippen LogP contribution is -2.38. The van der Waals surface area contributed by atoms with Crippen LogP contribution in [0.15, 0.2) is 16.8 Å². The minimum absolute atomic E-state index is 0.254. The summed E-state index contributed by atoms with van der Waals surface area (Å²) in [6.07, 6.45) is 2.86. The molecule has 0 aromatic carbocycles. The van der Waals surface area contributed by atoms with Crippen molar-refractivity contribution in [2.75, 3.05) is 25.4 Å². The summed E-state index contributed by atoms with van der Waals surface area (Å²) in [7, 11) is -3.12. The molecule has 102 valence electrons. The molecule has 2 N–H and O–H groups in total. The summed E-state index contributed by atoms with van der Waals surface area (Å²) in [6, 6.07) is 2.03. The first kappa shape index (κ1) is 14.0. The van der Waals surface area contributed by atoms with Crippen molar-refractivity contribution >= 4 is 21.4 Å². The second-order valence-corrected chi connectivity index (χ2v) is 7.40. The van der Waals surface area contributed by atoms with E-state index in [0.29, 0.717) is 6.54 Å². The Hall–Kier alpha value is -0.430. The summed E-state index contributed by atoms with van der Waals surface area (Å²) in [5, 5.41) is 7.31. The Balaban J connectivity index is 1.73. The maximum atomic E-state index is 11.9. The number of piperidine rings is 1. The van der Waals surface area contributed by atoms with Crippen molar-refractivity contribution in [2.24, 2.45) is 5.92 Å². The van der Waals surface area contributed by atoms with E-state index < -0.39 is 10.0 Å². The molecule has 0 aliphatic carbocycles. The van der Waals surface area contributed by atoms with E-state index in [2.05, 4.69) is 15.4 Å². The summed E-state index contributed by atoms with van der Waals surface area (Å²) in [5.41, 5.74) is 1.20. The fraction of sp³-hybridized carbons (Fsp3) is 0.667. The Bertz CT molecular complexity index is 437. The predicted octanol–water partition coefficient (Wildman–Crippen LogP) is 1.21. The number of thiophene rings is 1. The second-order valence-electron chi connectivity index (χ2n) is 4.77. The van der Waals surface area contributed by atoms with Crippen molar-refractivity contribution < 1.29 is 8.42 Å². The first-order chi connectivity index (χ1) is 8.66. The van der Waals surface area contributed by atoms with Gasteiger partial charge in [-0.1, -0.05) is 0 Å². The molecule has 1 atom stereocenters. The lowest BCUT2D eigenvalue weighted by atomic mass is 10.0. The van der Waals surface area contributed by atoms with E-state index in [4.69, 9.17) is 0 Å². The lowest BCUT2D eigenvalue weighted by Gasteiger charge is -2.22. The van der Waals surface area contributed by atoms with Crippen LogP contribution in [0.4, 0.5) is 0 Å². The molecule has 1 saturated heterocycles. The molecule has 1 aliphatic rings. The summed E-state index contributed by atoms with van der Waals surface area (Å²) >= 11 is 1.64. The molecule has 2 rings (SSSR count). The molecule has 1 fully saturated rings. The van der Waals surface area contributed by atoms with E-state index in [0.717, 1.165) is 32.4 Å². The molecule has 1 unspecified atom stereocenters. The second kappa shape index (κ2) is 6.65. The zero-order chi connectivity index (χ0) is 12.8. The van der Waals surface area contributed by atoms with E-state index >= 15 is 0 Å². The third-order valence-corrected chi connectivity index (χ3v) is 5.46. The van der Waals surface area contributed by atoms with Crippen LogP contribution in [0.3, 0.4) is 0 Å². The van der Waals surface area contributed by atoms with Gasteiger partial charge in [0.15, 0.2) is 0 Å². The highest BCUT2D eigenvalue weighted by Gasteiger charge is 2.20. The molecule has 0 saturated carbocycles. The van der Waals surface area contributed by atoms with Gasteiger partial charge in [0.25, 0.3) is 0 Å².